The van der Waals surface area contributed by atoms with Crippen LogP contribution in [0.5, 0.6) is 0 Å². The summed E-state index contributed by atoms with van der Waals surface area (Å²) in [6, 6.07) is 44.2. The van der Waals surface area contributed by atoms with Gasteiger partial charge in [-0.15, -0.1) is 54.1 Å². The fourth-order valence-electron chi connectivity index (χ4n) is 7.09. The molecule has 3 aromatic heterocycles. The number of hydrogen-bond donors (Lipinski definition) is 0. The second kappa shape index (κ2) is 15.2. The first-order chi connectivity index (χ1) is 24.5. The van der Waals surface area contributed by atoms with Crippen LogP contribution >= 0.6 is 0 Å². The standard InChI is InChI=1S/C31H27N2O.C15H18NSi.Ir/c1-19(2)21-12-9-13-22(20(3)4)29(21)33-27-17-7-6-16-26(27)32-31(33)25-15-10-14-24-23-11-5-8-18-28(23)34-30(24)25;1-12-10-14(13-8-6-5-7-9-13)16-11-15(12)17(2,3)4;/h5-14,16-20H,1-4H3;5-8,10-11H,1-4H3;/q2*-1;. The average Bonchev–Trinajstić information content (AvgIpc) is 3.70. The Labute approximate surface area is 322 Å². The van der Waals surface area contributed by atoms with Gasteiger partial charge < -0.3 is 14.0 Å². The molecule has 0 aliphatic rings. The third-order valence-electron chi connectivity index (χ3n) is 9.59. The van der Waals surface area contributed by atoms with E-state index < -0.39 is 8.07 Å². The van der Waals surface area contributed by atoms with Crippen molar-refractivity contribution in [1.29, 1.82) is 0 Å². The van der Waals surface area contributed by atoms with E-state index in [1.165, 1.54) is 27.6 Å². The Morgan fingerprint density at radius 3 is 2.10 bits per heavy atom. The van der Waals surface area contributed by atoms with Crippen LogP contribution in [0.25, 0.3) is 61.3 Å². The summed E-state index contributed by atoms with van der Waals surface area (Å²) < 4.78 is 8.73. The molecule has 52 heavy (non-hydrogen) atoms. The summed E-state index contributed by atoms with van der Waals surface area (Å²) in [7, 11) is -1.27. The molecule has 0 spiro atoms. The molecule has 0 unspecified atom stereocenters. The van der Waals surface area contributed by atoms with Crippen molar-refractivity contribution in [2.45, 2.75) is 66.1 Å². The van der Waals surface area contributed by atoms with Crippen LogP contribution in [0.4, 0.5) is 0 Å². The normalized spacial score (nSPS) is 11.7. The van der Waals surface area contributed by atoms with Gasteiger partial charge in [0, 0.05) is 37.4 Å². The fraction of sp³-hybridized carbons (Fsp3) is 0.217. The van der Waals surface area contributed by atoms with Gasteiger partial charge in [-0.25, -0.2) is 0 Å². The van der Waals surface area contributed by atoms with Crippen molar-refractivity contribution in [1.82, 2.24) is 14.5 Å². The maximum absolute atomic E-state index is 6.40. The number of aryl methyl sites for hydroxylation is 1. The first-order valence-electron chi connectivity index (χ1n) is 17.9. The number of hydrogen-bond acceptors (Lipinski definition) is 3. The molecule has 0 amide bonds. The molecule has 5 aromatic carbocycles. The van der Waals surface area contributed by atoms with E-state index in [9.17, 15) is 0 Å². The van der Waals surface area contributed by atoms with Crippen LogP contribution in [-0.2, 0) is 20.1 Å². The van der Waals surface area contributed by atoms with Crippen LogP contribution in [-0.4, -0.2) is 22.6 Å². The topological polar surface area (TPSA) is 43.9 Å². The summed E-state index contributed by atoms with van der Waals surface area (Å²) in [5.41, 5.74) is 11.9. The van der Waals surface area contributed by atoms with Crippen molar-refractivity contribution < 1.29 is 24.5 Å². The molecule has 1 radical (unpaired) electrons. The molecule has 0 N–H and O–H groups in total. The molecule has 0 saturated heterocycles. The quantitative estimate of drug-likeness (QED) is 0.123. The summed E-state index contributed by atoms with van der Waals surface area (Å²) in [6.45, 7) is 18.3. The molecule has 0 saturated carbocycles. The molecule has 8 aromatic rings. The predicted molar refractivity (Wildman–Crippen MR) is 217 cm³/mol. The first kappa shape index (κ1) is 37.2. The monoisotopic (exact) mass is 876 g/mol. The van der Waals surface area contributed by atoms with Crippen molar-refractivity contribution in [3.8, 4) is 28.3 Å². The molecular weight excluding hydrogens is 831 g/mol. The molecule has 3 heterocycles. The number of aromatic nitrogens is 3. The minimum absolute atomic E-state index is 0. The Morgan fingerprint density at radius 1 is 0.731 bits per heavy atom. The van der Waals surface area contributed by atoms with Gasteiger partial charge in [0.25, 0.3) is 0 Å². The van der Waals surface area contributed by atoms with E-state index in [0.29, 0.717) is 11.8 Å². The average molecular weight is 876 g/mol. The van der Waals surface area contributed by atoms with Crippen LogP contribution in [0, 0.1) is 19.1 Å². The van der Waals surface area contributed by atoms with Crippen LogP contribution in [0.1, 0.15) is 56.2 Å². The number of benzene rings is 5. The van der Waals surface area contributed by atoms with Crippen LogP contribution in [0.2, 0.25) is 19.6 Å². The smallest absolute Gasteiger partial charge is 0.120 e. The SMILES string of the molecule is CC(C)c1cccc(C(C)C)c1-n1c(-c2[c-]ccc3c2oc2ccccc23)nc2ccccc21.Cc1cc(-c2[c-]cccc2)ncc1[Si](C)(C)C.[Ir]. The fourth-order valence-corrected chi connectivity index (χ4v) is 8.79. The molecule has 0 aliphatic carbocycles. The summed E-state index contributed by atoms with van der Waals surface area (Å²) in [6.07, 6.45) is 2.05. The van der Waals surface area contributed by atoms with Gasteiger partial charge in [0.05, 0.1) is 30.5 Å². The van der Waals surface area contributed by atoms with E-state index in [2.05, 4.69) is 149 Å². The summed E-state index contributed by atoms with van der Waals surface area (Å²) in [4.78, 5) is 9.73. The zero-order valence-electron chi connectivity index (χ0n) is 31.2. The van der Waals surface area contributed by atoms with Crippen molar-refractivity contribution >= 4 is 46.2 Å². The second-order valence-electron chi connectivity index (χ2n) is 15.0. The number of rotatable bonds is 6. The minimum atomic E-state index is -1.27. The van der Waals surface area contributed by atoms with Gasteiger partial charge in [0.15, 0.2) is 0 Å². The predicted octanol–water partition coefficient (Wildman–Crippen LogP) is 12.0. The molecule has 8 rings (SSSR count). The number of para-hydroxylation sites is 4. The molecule has 0 fully saturated rings. The minimum Gasteiger partial charge on any atom is -0.501 e. The third kappa shape index (κ3) is 7.08. The summed E-state index contributed by atoms with van der Waals surface area (Å²) >= 11 is 0. The van der Waals surface area contributed by atoms with Crippen molar-refractivity contribution in [3.05, 3.63) is 144 Å². The molecule has 265 valence electrons. The van der Waals surface area contributed by atoms with Crippen molar-refractivity contribution in [3.63, 3.8) is 0 Å². The molecule has 0 aliphatic heterocycles. The van der Waals surface area contributed by atoms with Gasteiger partial charge in [-0.05, 0) is 59.0 Å². The summed E-state index contributed by atoms with van der Waals surface area (Å²) in [5.74, 6) is 1.60. The van der Waals surface area contributed by atoms with Crippen LogP contribution in [0.3, 0.4) is 0 Å². The zero-order chi connectivity index (χ0) is 35.9. The van der Waals surface area contributed by atoms with E-state index in [4.69, 9.17) is 9.40 Å². The number of furan rings is 1. The molecule has 4 nitrogen and oxygen atoms in total. The van der Waals surface area contributed by atoms with Gasteiger partial charge in [-0.2, -0.15) is 0 Å². The molecular formula is C46H45IrN3OSi-2. The van der Waals surface area contributed by atoms with E-state index in [1.807, 2.05) is 42.5 Å². The number of nitrogens with zero attached hydrogens (tertiary/aromatic N) is 3. The molecule has 6 heteroatoms. The van der Waals surface area contributed by atoms with Gasteiger partial charge in [-0.3, -0.25) is 4.98 Å². The Morgan fingerprint density at radius 2 is 1.42 bits per heavy atom. The van der Waals surface area contributed by atoms with Gasteiger partial charge in [0.2, 0.25) is 0 Å². The van der Waals surface area contributed by atoms with Crippen molar-refractivity contribution in [2.75, 3.05) is 0 Å². The maximum Gasteiger partial charge on any atom is 0.120 e. The Hall–Kier alpha value is -4.61. The number of pyridine rings is 1. The van der Waals surface area contributed by atoms with Crippen molar-refractivity contribution in [2.24, 2.45) is 0 Å². The van der Waals surface area contributed by atoms with E-state index in [1.54, 1.807) is 0 Å². The summed E-state index contributed by atoms with van der Waals surface area (Å²) in [5, 5.41) is 3.64. The second-order valence-corrected chi connectivity index (χ2v) is 20.0. The van der Waals surface area contributed by atoms with E-state index in [0.717, 1.165) is 55.6 Å². The van der Waals surface area contributed by atoms with Gasteiger partial charge in [0.1, 0.15) is 5.58 Å². The number of fused-ring (bicyclic) bond motifs is 4. The van der Waals surface area contributed by atoms with Crippen LogP contribution < -0.4 is 5.19 Å². The first-order valence-corrected chi connectivity index (χ1v) is 21.4. The van der Waals surface area contributed by atoms with E-state index >= 15 is 0 Å². The maximum atomic E-state index is 6.40. The Balaban J connectivity index is 0.000000218. The third-order valence-corrected chi connectivity index (χ3v) is 11.7. The molecule has 0 atom stereocenters. The van der Waals surface area contributed by atoms with Crippen LogP contribution in [0.15, 0.2) is 120 Å². The van der Waals surface area contributed by atoms with Gasteiger partial charge in [-0.1, -0.05) is 118 Å². The largest absolute Gasteiger partial charge is 0.501 e. The number of imidazole rings is 1. The zero-order valence-corrected chi connectivity index (χ0v) is 34.6. The Kier molecular flexibility index (Phi) is 10.8. The van der Waals surface area contributed by atoms with E-state index in [-0.39, 0.29) is 20.1 Å². The Bertz CT molecular complexity index is 2460. The van der Waals surface area contributed by atoms with Gasteiger partial charge >= 0.3 is 0 Å². The molecule has 0 bridgehead atoms.